The lowest BCUT2D eigenvalue weighted by molar-refractivity contribution is -0.130. The summed E-state index contributed by atoms with van der Waals surface area (Å²) in [5, 5.41) is 20.3. The summed E-state index contributed by atoms with van der Waals surface area (Å²) in [6, 6.07) is 17.1. The van der Waals surface area contributed by atoms with Crippen LogP contribution < -0.4 is 16.0 Å². The van der Waals surface area contributed by atoms with Crippen LogP contribution in [0.25, 0.3) is 0 Å². The van der Waals surface area contributed by atoms with Gasteiger partial charge in [0.15, 0.2) is 5.78 Å². The Labute approximate surface area is 198 Å². The average Bonchev–Trinajstić information content (AvgIpc) is 2.76. The summed E-state index contributed by atoms with van der Waals surface area (Å²) >= 11 is 1.63. The number of amides is 1. The van der Waals surface area contributed by atoms with E-state index >= 15 is 0 Å². The summed E-state index contributed by atoms with van der Waals surface area (Å²) < 4.78 is 0. The van der Waals surface area contributed by atoms with Gasteiger partial charge in [-0.15, -0.1) is 11.8 Å². The monoisotopic (exact) mass is 463 g/mol. The predicted octanol–water partition coefficient (Wildman–Crippen LogP) is 3.60. The molecule has 1 amide bonds. The van der Waals surface area contributed by atoms with E-state index in [0.717, 1.165) is 23.4 Å². The maximum Gasteiger partial charge on any atom is 0.229 e. The number of aromatic hydroxyl groups is 1. The minimum atomic E-state index is -0.496. The molecule has 1 aliphatic carbocycles. The molecule has 2 aromatic rings. The topological polar surface area (TPSA) is 90.5 Å². The first-order valence-electron chi connectivity index (χ1n) is 11.3. The zero-order chi connectivity index (χ0) is 23.2. The number of ketones is 1. The largest absolute Gasteiger partial charge is 0.508 e. The van der Waals surface area contributed by atoms with Crippen LogP contribution in [0.3, 0.4) is 0 Å². The molecule has 2 aliphatic heterocycles. The lowest BCUT2D eigenvalue weighted by Crippen LogP contribution is -2.68. The molecule has 3 aliphatic rings. The van der Waals surface area contributed by atoms with E-state index in [-0.39, 0.29) is 34.5 Å². The smallest absolute Gasteiger partial charge is 0.229 e. The molecular formula is C26H29N3O3S. The fourth-order valence-corrected chi connectivity index (χ4v) is 6.28. The van der Waals surface area contributed by atoms with Crippen LogP contribution in [0.15, 0.2) is 65.9 Å². The number of carbonyl (C=O) groups is 2. The van der Waals surface area contributed by atoms with E-state index in [2.05, 4.69) is 41.9 Å². The van der Waals surface area contributed by atoms with Crippen molar-refractivity contribution in [2.24, 2.45) is 11.3 Å². The van der Waals surface area contributed by atoms with E-state index in [1.165, 1.54) is 5.56 Å². The molecule has 0 aromatic heterocycles. The Balaban J connectivity index is 1.47. The standard InChI is InChI=1S/C26H29N3O3S/c1-26(2)12-18-21(19(31)13-26)20(16-9-6-10-17(30)11-16)22-23(27-18)28-25(29-24(22)32)33-14-15-7-4-3-5-8-15/h3-11,20,22-23,25,27-28,30H,12-14H2,1-2H3,(H,29,32). The van der Waals surface area contributed by atoms with Gasteiger partial charge in [0.05, 0.1) is 12.1 Å². The summed E-state index contributed by atoms with van der Waals surface area (Å²) in [7, 11) is 0. The second-order valence-electron chi connectivity index (χ2n) is 9.91. The van der Waals surface area contributed by atoms with Crippen LogP contribution in [0.5, 0.6) is 5.75 Å². The predicted molar refractivity (Wildman–Crippen MR) is 129 cm³/mol. The van der Waals surface area contributed by atoms with Crippen molar-refractivity contribution in [2.45, 2.75) is 50.0 Å². The lowest BCUT2D eigenvalue weighted by atomic mass is 9.66. The van der Waals surface area contributed by atoms with E-state index in [4.69, 9.17) is 0 Å². The first-order valence-corrected chi connectivity index (χ1v) is 12.4. The SMILES string of the molecule is CC1(C)CC(=O)C2=C(C1)NC1NC(SCc3ccccc3)NC(=O)C1C2c1cccc(O)c1. The van der Waals surface area contributed by atoms with Crippen LogP contribution in [-0.4, -0.2) is 28.5 Å². The molecule has 0 spiro atoms. The number of benzene rings is 2. The summed E-state index contributed by atoms with van der Waals surface area (Å²) in [5.41, 5.74) is 3.20. The number of hydrogen-bond acceptors (Lipinski definition) is 6. The first-order chi connectivity index (χ1) is 15.8. The number of Topliss-reactive ketones (excluding diaryl/α,β-unsaturated/α-hetero) is 1. The number of nitrogens with one attached hydrogen (secondary N) is 3. The molecule has 7 heteroatoms. The molecule has 172 valence electrons. The van der Waals surface area contributed by atoms with E-state index in [9.17, 15) is 14.7 Å². The lowest BCUT2D eigenvalue weighted by Gasteiger charge is -2.48. The number of rotatable bonds is 4. The van der Waals surface area contributed by atoms with Crippen molar-refractivity contribution in [1.82, 2.24) is 16.0 Å². The van der Waals surface area contributed by atoms with Gasteiger partial charge in [0.1, 0.15) is 11.2 Å². The van der Waals surface area contributed by atoms with E-state index in [0.29, 0.717) is 12.0 Å². The Bertz CT molecular complexity index is 1110. The third kappa shape index (κ3) is 4.39. The van der Waals surface area contributed by atoms with E-state index in [1.54, 1.807) is 30.0 Å². The van der Waals surface area contributed by atoms with Crippen LogP contribution >= 0.6 is 11.8 Å². The number of allylic oxidation sites excluding steroid dienone is 2. The highest BCUT2D eigenvalue weighted by molar-refractivity contribution is 7.99. The molecule has 0 bridgehead atoms. The fourth-order valence-electron chi connectivity index (χ4n) is 5.29. The molecule has 4 atom stereocenters. The molecule has 33 heavy (non-hydrogen) atoms. The van der Waals surface area contributed by atoms with Crippen molar-refractivity contribution >= 4 is 23.5 Å². The second-order valence-corrected chi connectivity index (χ2v) is 11.0. The maximum atomic E-state index is 13.4. The number of fused-ring (bicyclic) bond motifs is 1. The van der Waals surface area contributed by atoms with Gasteiger partial charge < -0.3 is 15.7 Å². The molecular weight excluding hydrogens is 434 g/mol. The van der Waals surface area contributed by atoms with Gasteiger partial charge in [0, 0.05) is 29.4 Å². The van der Waals surface area contributed by atoms with Crippen molar-refractivity contribution in [1.29, 1.82) is 0 Å². The van der Waals surface area contributed by atoms with Crippen LogP contribution in [0.2, 0.25) is 0 Å². The van der Waals surface area contributed by atoms with Gasteiger partial charge in [-0.05, 0) is 35.1 Å². The van der Waals surface area contributed by atoms with Gasteiger partial charge in [-0.25, -0.2) is 0 Å². The summed E-state index contributed by atoms with van der Waals surface area (Å²) in [6.07, 6.45) is 0.891. The quantitative estimate of drug-likeness (QED) is 0.554. The van der Waals surface area contributed by atoms with Crippen LogP contribution in [-0.2, 0) is 15.3 Å². The third-order valence-corrected chi connectivity index (χ3v) is 7.76. The number of phenols is 1. The van der Waals surface area contributed by atoms with Gasteiger partial charge in [0.25, 0.3) is 0 Å². The van der Waals surface area contributed by atoms with Gasteiger partial charge >= 0.3 is 0 Å². The first kappa shape index (κ1) is 22.0. The van der Waals surface area contributed by atoms with Crippen molar-refractivity contribution in [3.63, 3.8) is 0 Å². The maximum absolute atomic E-state index is 13.4. The highest BCUT2D eigenvalue weighted by Crippen LogP contribution is 2.48. The fraction of sp³-hybridized carbons (Fsp3) is 0.385. The zero-order valence-corrected chi connectivity index (χ0v) is 19.6. The molecule has 0 radical (unpaired) electrons. The van der Waals surface area contributed by atoms with Crippen LogP contribution in [0, 0.1) is 11.3 Å². The molecule has 6 nitrogen and oxygen atoms in total. The van der Waals surface area contributed by atoms with Gasteiger partial charge in [-0.3, -0.25) is 14.9 Å². The van der Waals surface area contributed by atoms with Crippen molar-refractivity contribution in [2.75, 3.05) is 0 Å². The van der Waals surface area contributed by atoms with Gasteiger partial charge in [-0.2, -0.15) is 0 Å². The van der Waals surface area contributed by atoms with Gasteiger partial charge in [-0.1, -0.05) is 56.3 Å². The van der Waals surface area contributed by atoms with Gasteiger partial charge in [0.2, 0.25) is 5.91 Å². The highest BCUT2D eigenvalue weighted by atomic mass is 32.2. The van der Waals surface area contributed by atoms with Crippen LogP contribution in [0.4, 0.5) is 0 Å². The average molecular weight is 464 g/mol. The van der Waals surface area contributed by atoms with E-state index in [1.807, 2.05) is 24.3 Å². The Kier molecular flexibility index (Phi) is 5.70. The second kappa shape index (κ2) is 8.54. The Morgan fingerprint density at radius 2 is 1.82 bits per heavy atom. The van der Waals surface area contributed by atoms with E-state index < -0.39 is 11.8 Å². The highest BCUT2D eigenvalue weighted by Gasteiger charge is 2.50. The summed E-state index contributed by atoms with van der Waals surface area (Å²) in [6.45, 7) is 4.21. The summed E-state index contributed by atoms with van der Waals surface area (Å²) in [4.78, 5) is 26.7. The van der Waals surface area contributed by atoms with Crippen molar-refractivity contribution in [3.05, 3.63) is 77.0 Å². The number of thioether (sulfide) groups is 1. The van der Waals surface area contributed by atoms with Crippen LogP contribution in [0.1, 0.15) is 43.7 Å². The third-order valence-electron chi connectivity index (χ3n) is 6.67. The zero-order valence-electron chi connectivity index (χ0n) is 18.8. The Hall–Kier alpha value is -2.77. The molecule has 1 saturated heterocycles. The Morgan fingerprint density at radius 3 is 2.58 bits per heavy atom. The minimum absolute atomic E-state index is 0.0777. The van der Waals surface area contributed by atoms with Crippen molar-refractivity contribution in [3.8, 4) is 5.75 Å². The molecule has 2 heterocycles. The Morgan fingerprint density at radius 1 is 1.03 bits per heavy atom. The van der Waals surface area contributed by atoms with Crippen molar-refractivity contribution < 1.29 is 14.7 Å². The summed E-state index contributed by atoms with van der Waals surface area (Å²) in [5.74, 6) is -0.0121. The number of hydrogen-bond donors (Lipinski definition) is 4. The number of carbonyl (C=O) groups excluding carboxylic acids is 2. The minimum Gasteiger partial charge on any atom is -0.508 e. The molecule has 2 aromatic carbocycles. The number of phenolic OH excluding ortho intramolecular Hbond substituents is 1. The molecule has 4 unspecified atom stereocenters. The molecule has 4 N–H and O–H groups in total. The molecule has 5 rings (SSSR count). The normalized spacial score (nSPS) is 28.4. The molecule has 0 saturated carbocycles. The molecule has 1 fully saturated rings.